The van der Waals surface area contributed by atoms with Crippen molar-refractivity contribution in [2.75, 3.05) is 32.1 Å². The lowest BCUT2D eigenvalue weighted by molar-refractivity contribution is -0.0687. The molecule has 0 saturated carbocycles. The number of methoxy groups -OCH3 is 1. The summed E-state index contributed by atoms with van der Waals surface area (Å²) < 4.78 is 41.2. The summed E-state index contributed by atoms with van der Waals surface area (Å²) >= 11 is 0. The molecule has 2 aliphatic carbocycles. The predicted octanol–water partition coefficient (Wildman–Crippen LogP) is 1.59. The minimum absolute atomic E-state index is 0.0705. The smallest absolute Gasteiger partial charge is 0.333 e. The second kappa shape index (κ2) is 8.42. The highest BCUT2D eigenvalue weighted by molar-refractivity contribution is 7.90. The first kappa shape index (κ1) is 23.7. The van der Waals surface area contributed by atoms with Gasteiger partial charge in [0.05, 0.1) is 36.3 Å². The van der Waals surface area contributed by atoms with Gasteiger partial charge in [0.2, 0.25) is 5.88 Å². The number of likely N-dealkylation sites (tertiary alicyclic amines) is 1. The molecule has 2 aliphatic heterocycles. The van der Waals surface area contributed by atoms with Crippen LogP contribution in [0.15, 0.2) is 11.1 Å². The maximum absolute atomic E-state index is 13.2. The summed E-state index contributed by atoms with van der Waals surface area (Å²) in [6.07, 6.45) is 5.88. The van der Waals surface area contributed by atoms with Crippen LogP contribution in [-0.2, 0) is 46.0 Å². The number of hydrogen-bond donors (Lipinski definition) is 2. The van der Waals surface area contributed by atoms with E-state index in [1.807, 2.05) is 0 Å². The third-order valence-electron chi connectivity index (χ3n) is 8.00. The highest BCUT2D eigenvalue weighted by Gasteiger charge is 2.39. The van der Waals surface area contributed by atoms with Gasteiger partial charge in [-0.15, -0.1) is 0 Å². The van der Waals surface area contributed by atoms with Crippen LogP contribution in [0.3, 0.4) is 0 Å². The van der Waals surface area contributed by atoms with Crippen LogP contribution in [-0.4, -0.2) is 73.1 Å². The zero-order valence-electron chi connectivity index (χ0n) is 20.8. The maximum atomic E-state index is 13.2. The molecule has 1 saturated heterocycles. The quantitative estimate of drug-likeness (QED) is 0.613. The van der Waals surface area contributed by atoms with E-state index >= 15 is 0 Å². The lowest BCUT2D eigenvalue weighted by Crippen LogP contribution is -2.59. The Bertz CT molecular complexity index is 1330. The number of rotatable bonds is 5. The van der Waals surface area contributed by atoms with E-state index in [2.05, 4.69) is 33.9 Å². The number of anilines is 1. The van der Waals surface area contributed by atoms with Gasteiger partial charge in [0.15, 0.2) is 4.90 Å². The molecule has 6 rings (SSSR count). The SMILES string of the molecule is COC1CN(C2COc3c(S(=O)(=O)NC(=O)Nc4c5c(nc6c4CCC6(C)C)CCC5)cnn3C2)C1. The highest BCUT2D eigenvalue weighted by atomic mass is 32.2. The molecular weight excluding hydrogens is 484 g/mol. The van der Waals surface area contributed by atoms with Crippen LogP contribution in [0.5, 0.6) is 5.88 Å². The second-order valence-electron chi connectivity index (χ2n) is 10.8. The minimum Gasteiger partial charge on any atom is -0.475 e. The van der Waals surface area contributed by atoms with E-state index in [1.54, 1.807) is 11.8 Å². The zero-order valence-corrected chi connectivity index (χ0v) is 21.7. The topological polar surface area (TPSA) is 128 Å². The van der Waals surface area contributed by atoms with E-state index in [0.29, 0.717) is 13.2 Å². The molecule has 0 spiro atoms. The molecule has 0 bridgehead atoms. The summed E-state index contributed by atoms with van der Waals surface area (Å²) in [7, 11) is -2.49. The van der Waals surface area contributed by atoms with Crippen molar-refractivity contribution in [3.8, 4) is 5.88 Å². The molecule has 4 heterocycles. The Hall–Kier alpha value is -2.70. The first-order valence-electron chi connectivity index (χ1n) is 12.5. The number of pyridine rings is 1. The van der Waals surface area contributed by atoms with Crippen molar-refractivity contribution in [3.63, 3.8) is 0 Å². The molecule has 0 radical (unpaired) electrons. The number of fused-ring (bicyclic) bond motifs is 3. The van der Waals surface area contributed by atoms with Gasteiger partial charge in [-0.3, -0.25) is 9.88 Å². The Labute approximate surface area is 210 Å². The molecule has 2 amide bonds. The van der Waals surface area contributed by atoms with Gasteiger partial charge in [-0.1, -0.05) is 13.8 Å². The summed E-state index contributed by atoms with van der Waals surface area (Å²) in [5.74, 6) is 0.155. The molecule has 194 valence electrons. The molecule has 0 aromatic carbocycles. The monoisotopic (exact) mass is 516 g/mol. The van der Waals surface area contributed by atoms with E-state index in [1.165, 1.54) is 6.20 Å². The van der Waals surface area contributed by atoms with Crippen LogP contribution in [0.4, 0.5) is 10.5 Å². The van der Waals surface area contributed by atoms with Crippen molar-refractivity contribution < 1.29 is 22.7 Å². The van der Waals surface area contributed by atoms with Crippen molar-refractivity contribution in [3.05, 3.63) is 28.7 Å². The summed E-state index contributed by atoms with van der Waals surface area (Å²) in [6, 6.07) is -0.697. The molecule has 1 unspecified atom stereocenters. The number of aryl methyl sites for hydroxylation is 1. The van der Waals surface area contributed by atoms with Crippen LogP contribution >= 0.6 is 0 Å². The highest BCUT2D eigenvalue weighted by Crippen LogP contribution is 2.44. The number of ether oxygens (including phenoxy) is 2. The summed E-state index contributed by atoms with van der Waals surface area (Å²) in [5.41, 5.74) is 4.72. The molecule has 1 fully saturated rings. The van der Waals surface area contributed by atoms with Crippen LogP contribution in [0.1, 0.15) is 49.2 Å². The first-order chi connectivity index (χ1) is 17.2. The van der Waals surface area contributed by atoms with Gasteiger partial charge in [0.25, 0.3) is 10.0 Å². The van der Waals surface area contributed by atoms with Gasteiger partial charge in [-0.2, -0.15) is 5.10 Å². The zero-order chi connectivity index (χ0) is 25.2. The Balaban J connectivity index is 1.19. The number of sulfonamides is 1. The number of carbonyl (C=O) groups excluding carboxylic acids is 1. The molecule has 12 heteroatoms. The predicted molar refractivity (Wildman–Crippen MR) is 131 cm³/mol. The number of carbonyl (C=O) groups is 1. The minimum atomic E-state index is -4.19. The van der Waals surface area contributed by atoms with Gasteiger partial charge >= 0.3 is 6.03 Å². The van der Waals surface area contributed by atoms with Crippen molar-refractivity contribution in [2.24, 2.45) is 0 Å². The number of nitrogens with one attached hydrogen (secondary N) is 2. The van der Waals surface area contributed by atoms with E-state index < -0.39 is 16.1 Å². The third-order valence-corrected chi connectivity index (χ3v) is 9.32. The maximum Gasteiger partial charge on any atom is 0.333 e. The molecule has 36 heavy (non-hydrogen) atoms. The van der Waals surface area contributed by atoms with E-state index in [0.717, 1.165) is 73.4 Å². The lowest BCUT2D eigenvalue weighted by Gasteiger charge is -2.44. The van der Waals surface area contributed by atoms with Gasteiger partial charge in [0.1, 0.15) is 6.61 Å². The second-order valence-corrected chi connectivity index (χ2v) is 12.5. The number of aromatic nitrogens is 3. The normalized spacial score (nSPS) is 22.8. The fourth-order valence-corrected chi connectivity index (χ4v) is 6.82. The van der Waals surface area contributed by atoms with Crippen molar-refractivity contribution in [2.45, 2.75) is 75.0 Å². The Morgan fingerprint density at radius 1 is 1.19 bits per heavy atom. The van der Waals surface area contributed by atoms with Crippen molar-refractivity contribution in [1.82, 2.24) is 24.4 Å². The van der Waals surface area contributed by atoms with E-state index in [4.69, 9.17) is 14.5 Å². The lowest BCUT2D eigenvalue weighted by atomic mass is 9.90. The average molecular weight is 517 g/mol. The van der Waals surface area contributed by atoms with E-state index in [9.17, 15) is 13.2 Å². The third kappa shape index (κ3) is 3.86. The van der Waals surface area contributed by atoms with Crippen LogP contribution in [0.2, 0.25) is 0 Å². The number of hydrogen-bond acceptors (Lipinski definition) is 8. The van der Waals surface area contributed by atoms with Gasteiger partial charge in [0, 0.05) is 31.3 Å². The average Bonchev–Trinajstić information content (AvgIpc) is 3.50. The summed E-state index contributed by atoms with van der Waals surface area (Å²) in [6.45, 7) is 6.81. The summed E-state index contributed by atoms with van der Waals surface area (Å²) in [5, 5.41) is 7.10. The Kier molecular flexibility index (Phi) is 5.54. The molecular formula is C24H32N6O5S. The van der Waals surface area contributed by atoms with Crippen molar-refractivity contribution >= 4 is 21.7 Å². The van der Waals surface area contributed by atoms with Gasteiger partial charge in [-0.05, 0) is 43.2 Å². The molecule has 1 atom stereocenters. The summed E-state index contributed by atoms with van der Waals surface area (Å²) in [4.78, 5) is 20.0. The largest absolute Gasteiger partial charge is 0.475 e. The number of amides is 2. The van der Waals surface area contributed by atoms with Gasteiger partial charge in [-0.25, -0.2) is 22.6 Å². The van der Waals surface area contributed by atoms with Crippen molar-refractivity contribution in [1.29, 1.82) is 0 Å². The number of nitrogens with zero attached hydrogens (tertiary/aromatic N) is 4. The fourth-order valence-electron chi connectivity index (χ4n) is 5.83. The van der Waals surface area contributed by atoms with Crippen LogP contribution < -0.4 is 14.8 Å². The molecule has 11 nitrogen and oxygen atoms in total. The molecule has 2 N–H and O–H groups in total. The number of urea groups is 1. The van der Waals surface area contributed by atoms with Crippen LogP contribution in [0, 0.1) is 0 Å². The van der Waals surface area contributed by atoms with Crippen LogP contribution in [0.25, 0.3) is 0 Å². The molecule has 2 aromatic rings. The molecule has 4 aliphatic rings. The Morgan fingerprint density at radius 3 is 2.78 bits per heavy atom. The fraction of sp³-hybridized carbons (Fsp3) is 0.625. The first-order valence-corrected chi connectivity index (χ1v) is 14.0. The van der Waals surface area contributed by atoms with Gasteiger partial charge < -0.3 is 14.8 Å². The molecule has 2 aromatic heterocycles. The Morgan fingerprint density at radius 2 is 2.00 bits per heavy atom. The standard InChI is InChI=1S/C24H32N6O5S/c1-24(2)8-7-17-20(16-5-4-6-18(16)26-21(17)24)27-23(31)28-36(32,33)19-9-25-30-10-14(13-35-22(19)30)29-11-15(12-29)34-3/h9,14-15H,4-8,10-13H2,1-3H3,(H2,26,27,28,31). The van der Waals surface area contributed by atoms with E-state index in [-0.39, 0.29) is 28.3 Å².